The van der Waals surface area contributed by atoms with E-state index in [-0.39, 0.29) is 12.2 Å². The van der Waals surface area contributed by atoms with Gasteiger partial charge in [-0.05, 0) is 36.4 Å². The molecule has 0 bridgehead atoms. The van der Waals surface area contributed by atoms with Crippen molar-refractivity contribution in [2.45, 2.75) is 6.18 Å². The summed E-state index contributed by atoms with van der Waals surface area (Å²) in [4.78, 5) is 27.8. The van der Waals surface area contributed by atoms with Crippen molar-refractivity contribution in [2.24, 2.45) is 0 Å². The molecule has 33 heavy (non-hydrogen) atoms. The topological polar surface area (TPSA) is 71.1 Å². The van der Waals surface area contributed by atoms with Crippen LogP contribution in [-0.4, -0.2) is 74.7 Å². The van der Waals surface area contributed by atoms with Crippen molar-refractivity contribution >= 4 is 17.6 Å². The van der Waals surface area contributed by atoms with E-state index < -0.39 is 23.6 Å². The molecule has 1 aliphatic heterocycles. The van der Waals surface area contributed by atoms with Crippen LogP contribution in [0.15, 0.2) is 48.5 Å². The fraction of sp³-hybridized carbons (Fsp3) is 0.391. The number of nitrogens with one attached hydrogen (secondary N) is 1. The summed E-state index contributed by atoms with van der Waals surface area (Å²) in [6.07, 6.45) is -4.53. The van der Waals surface area contributed by atoms with E-state index in [1.54, 1.807) is 24.3 Å². The van der Waals surface area contributed by atoms with E-state index in [1.165, 1.54) is 25.3 Å². The molecule has 10 heteroatoms. The smallest absolute Gasteiger partial charge is 0.418 e. The normalized spacial score (nSPS) is 15.2. The molecule has 3 rings (SSSR count). The largest absolute Gasteiger partial charge is 0.492 e. The predicted octanol–water partition coefficient (Wildman–Crippen LogP) is 3.13. The maximum absolute atomic E-state index is 13.1. The Bertz CT molecular complexity index is 943. The van der Waals surface area contributed by atoms with Crippen LogP contribution < -0.4 is 10.1 Å². The number of methoxy groups -OCH3 is 1. The van der Waals surface area contributed by atoms with E-state index in [0.29, 0.717) is 37.6 Å². The number of hydrogen-bond donors (Lipinski definition) is 1. The molecule has 0 atom stereocenters. The molecular weight excluding hydrogens is 439 g/mol. The SMILES string of the molecule is COC(=O)c1ccc(OCCN2CCN(CC(=O)Nc3ccccc3C(F)(F)F)CC2)cc1. The first kappa shape index (κ1) is 24.5. The summed E-state index contributed by atoms with van der Waals surface area (Å²) in [5, 5.41) is 2.38. The van der Waals surface area contributed by atoms with Crippen molar-refractivity contribution < 1.29 is 32.2 Å². The van der Waals surface area contributed by atoms with E-state index in [9.17, 15) is 22.8 Å². The van der Waals surface area contributed by atoms with Crippen LogP contribution in [-0.2, 0) is 15.7 Å². The zero-order chi connectivity index (χ0) is 23.8. The molecule has 0 radical (unpaired) electrons. The summed E-state index contributed by atoms with van der Waals surface area (Å²) in [7, 11) is 1.33. The number of benzene rings is 2. The average Bonchev–Trinajstić information content (AvgIpc) is 2.80. The molecule has 1 N–H and O–H groups in total. The summed E-state index contributed by atoms with van der Waals surface area (Å²) in [5.74, 6) is -0.228. The quantitative estimate of drug-likeness (QED) is 0.604. The Balaban J connectivity index is 1.38. The summed E-state index contributed by atoms with van der Waals surface area (Å²) < 4.78 is 49.6. The van der Waals surface area contributed by atoms with Crippen molar-refractivity contribution in [3.05, 3.63) is 59.7 Å². The number of esters is 1. The van der Waals surface area contributed by atoms with Crippen molar-refractivity contribution in [3.8, 4) is 5.75 Å². The molecule has 1 saturated heterocycles. The molecule has 7 nitrogen and oxygen atoms in total. The Labute approximate surface area is 190 Å². The molecule has 0 spiro atoms. The number of piperazine rings is 1. The van der Waals surface area contributed by atoms with Gasteiger partial charge >= 0.3 is 12.1 Å². The highest BCUT2D eigenvalue weighted by molar-refractivity contribution is 5.93. The Morgan fingerprint density at radius 3 is 2.24 bits per heavy atom. The lowest BCUT2D eigenvalue weighted by Crippen LogP contribution is -2.49. The number of ether oxygens (including phenoxy) is 2. The number of rotatable bonds is 8. The second-order valence-electron chi connectivity index (χ2n) is 7.57. The van der Waals surface area contributed by atoms with Crippen molar-refractivity contribution in [3.63, 3.8) is 0 Å². The second-order valence-corrected chi connectivity index (χ2v) is 7.57. The lowest BCUT2D eigenvalue weighted by molar-refractivity contribution is -0.137. The number of amides is 1. The third-order valence-corrected chi connectivity index (χ3v) is 5.29. The monoisotopic (exact) mass is 465 g/mol. The molecule has 2 aromatic carbocycles. The van der Waals surface area contributed by atoms with Gasteiger partial charge in [0.15, 0.2) is 0 Å². The number of anilines is 1. The lowest BCUT2D eigenvalue weighted by Gasteiger charge is -2.34. The Morgan fingerprint density at radius 2 is 1.61 bits per heavy atom. The van der Waals surface area contributed by atoms with E-state index >= 15 is 0 Å². The zero-order valence-electron chi connectivity index (χ0n) is 18.2. The highest BCUT2D eigenvalue weighted by atomic mass is 19.4. The zero-order valence-corrected chi connectivity index (χ0v) is 18.2. The van der Waals surface area contributed by atoms with E-state index in [2.05, 4.69) is 15.0 Å². The van der Waals surface area contributed by atoms with Gasteiger partial charge < -0.3 is 14.8 Å². The maximum atomic E-state index is 13.1. The van der Waals surface area contributed by atoms with Gasteiger partial charge in [0.25, 0.3) is 0 Å². The number of carbonyl (C=O) groups excluding carboxylic acids is 2. The van der Waals surface area contributed by atoms with Gasteiger partial charge in [-0.3, -0.25) is 14.6 Å². The molecule has 0 unspecified atom stereocenters. The first-order valence-electron chi connectivity index (χ1n) is 10.5. The van der Waals surface area contributed by atoms with Gasteiger partial charge in [0.2, 0.25) is 5.91 Å². The molecule has 0 saturated carbocycles. The standard InChI is InChI=1S/C23H26F3N3O4/c1-32-22(31)17-6-8-18(9-7-17)33-15-14-28-10-12-29(13-11-28)16-21(30)27-20-5-3-2-4-19(20)23(24,25)26/h2-9H,10-16H2,1H3,(H,27,30). The van der Waals surface area contributed by atoms with Crippen LogP contribution in [0.1, 0.15) is 15.9 Å². The van der Waals surface area contributed by atoms with Crippen LogP contribution >= 0.6 is 0 Å². The highest BCUT2D eigenvalue weighted by Gasteiger charge is 2.33. The first-order valence-corrected chi connectivity index (χ1v) is 10.5. The van der Waals surface area contributed by atoms with Gasteiger partial charge in [-0.2, -0.15) is 13.2 Å². The molecule has 0 aliphatic carbocycles. The minimum absolute atomic E-state index is 0.0308. The van der Waals surface area contributed by atoms with Crippen molar-refractivity contribution in [1.82, 2.24) is 9.80 Å². The summed E-state index contributed by atoms with van der Waals surface area (Å²) >= 11 is 0. The van der Waals surface area contributed by atoms with Gasteiger partial charge in [-0.1, -0.05) is 12.1 Å². The maximum Gasteiger partial charge on any atom is 0.418 e. The second kappa shape index (κ2) is 11.2. The highest BCUT2D eigenvalue weighted by Crippen LogP contribution is 2.34. The molecular formula is C23H26F3N3O4. The van der Waals surface area contributed by atoms with E-state index in [4.69, 9.17) is 4.74 Å². The van der Waals surface area contributed by atoms with Crippen LogP contribution in [0.4, 0.5) is 18.9 Å². The molecule has 1 fully saturated rings. The van der Waals surface area contributed by atoms with Crippen LogP contribution in [0.2, 0.25) is 0 Å². The average molecular weight is 465 g/mol. The number of halogens is 3. The summed E-state index contributed by atoms with van der Waals surface area (Å²) in [6, 6.07) is 11.6. The molecule has 178 valence electrons. The van der Waals surface area contributed by atoms with Gasteiger partial charge in [0.1, 0.15) is 12.4 Å². The van der Waals surface area contributed by atoms with Crippen molar-refractivity contribution in [2.75, 3.05) is 58.3 Å². The van der Waals surface area contributed by atoms with Crippen molar-refractivity contribution in [1.29, 1.82) is 0 Å². The number of para-hydroxylation sites is 1. The van der Waals surface area contributed by atoms with Gasteiger partial charge in [0, 0.05) is 32.7 Å². The van der Waals surface area contributed by atoms with Crippen LogP contribution in [0.5, 0.6) is 5.75 Å². The van der Waals surface area contributed by atoms with Gasteiger partial charge in [-0.15, -0.1) is 0 Å². The molecule has 2 aromatic rings. The Hall–Kier alpha value is -3.11. The van der Waals surface area contributed by atoms with Crippen LogP contribution in [0.3, 0.4) is 0 Å². The molecule has 0 aromatic heterocycles. The number of hydrogen-bond acceptors (Lipinski definition) is 6. The summed E-state index contributed by atoms with van der Waals surface area (Å²) in [6.45, 7) is 3.88. The Kier molecular flexibility index (Phi) is 8.29. The molecule has 1 amide bonds. The fourth-order valence-corrected chi connectivity index (χ4v) is 3.50. The number of nitrogens with zero attached hydrogens (tertiary/aromatic N) is 2. The van der Waals surface area contributed by atoms with Gasteiger partial charge in [0.05, 0.1) is 30.5 Å². The fourth-order valence-electron chi connectivity index (χ4n) is 3.50. The third-order valence-electron chi connectivity index (χ3n) is 5.29. The first-order chi connectivity index (χ1) is 15.8. The summed E-state index contributed by atoms with van der Waals surface area (Å²) in [5.41, 5.74) is -0.639. The lowest BCUT2D eigenvalue weighted by atomic mass is 10.1. The molecule has 1 aliphatic rings. The van der Waals surface area contributed by atoms with Gasteiger partial charge in [-0.25, -0.2) is 4.79 Å². The number of alkyl halides is 3. The minimum Gasteiger partial charge on any atom is -0.492 e. The molecule has 1 heterocycles. The van der Waals surface area contributed by atoms with E-state index in [1.807, 2.05) is 4.90 Å². The van der Waals surface area contributed by atoms with Crippen LogP contribution in [0.25, 0.3) is 0 Å². The predicted molar refractivity (Wildman–Crippen MR) is 116 cm³/mol. The minimum atomic E-state index is -4.53. The number of carbonyl (C=O) groups is 2. The third kappa shape index (κ3) is 7.19. The van der Waals surface area contributed by atoms with E-state index in [0.717, 1.165) is 19.2 Å². The Morgan fingerprint density at radius 1 is 0.970 bits per heavy atom. The van der Waals surface area contributed by atoms with Crippen LogP contribution in [0, 0.1) is 0 Å².